The minimum absolute atomic E-state index is 0.113. The molecule has 0 saturated carbocycles. The van der Waals surface area contributed by atoms with Crippen LogP contribution in [0.5, 0.6) is 0 Å². The SMILES string of the molecule is CC1(C)O[C@H]2O[C@H](C3COC(=O)C3)[C@H](O)[C@H]2O1. The fourth-order valence-electron chi connectivity index (χ4n) is 2.65. The summed E-state index contributed by atoms with van der Waals surface area (Å²) in [5.74, 6) is -1.09. The van der Waals surface area contributed by atoms with Crippen LogP contribution in [-0.2, 0) is 23.7 Å². The number of aliphatic hydroxyl groups excluding tert-OH is 1. The Morgan fingerprint density at radius 3 is 2.65 bits per heavy atom. The molecule has 0 amide bonds. The van der Waals surface area contributed by atoms with Crippen LogP contribution in [0.1, 0.15) is 20.3 Å². The lowest BCUT2D eigenvalue weighted by Crippen LogP contribution is -2.38. The summed E-state index contributed by atoms with van der Waals surface area (Å²) in [5.41, 5.74) is 0. The zero-order valence-corrected chi connectivity index (χ0v) is 9.79. The zero-order valence-electron chi connectivity index (χ0n) is 9.79. The van der Waals surface area contributed by atoms with Crippen molar-refractivity contribution < 1.29 is 28.8 Å². The quantitative estimate of drug-likeness (QED) is 0.643. The van der Waals surface area contributed by atoms with E-state index in [2.05, 4.69) is 0 Å². The van der Waals surface area contributed by atoms with E-state index in [4.69, 9.17) is 18.9 Å². The Labute approximate surface area is 98.8 Å². The van der Waals surface area contributed by atoms with E-state index in [1.54, 1.807) is 13.8 Å². The van der Waals surface area contributed by atoms with Gasteiger partial charge in [0.2, 0.25) is 0 Å². The molecule has 0 aromatic heterocycles. The summed E-state index contributed by atoms with van der Waals surface area (Å²) in [6.45, 7) is 3.85. The van der Waals surface area contributed by atoms with Gasteiger partial charge >= 0.3 is 5.97 Å². The minimum atomic E-state index is -0.777. The number of esters is 1. The maximum absolute atomic E-state index is 11.0. The molecule has 0 bridgehead atoms. The third-order valence-corrected chi connectivity index (χ3v) is 3.40. The number of aliphatic hydroxyl groups is 1. The number of carbonyl (C=O) groups excluding carboxylic acids is 1. The molecule has 0 spiro atoms. The second kappa shape index (κ2) is 3.65. The highest BCUT2D eigenvalue weighted by Crippen LogP contribution is 2.40. The van der Waals surface area contributed by atoms with Gasteiger partial charge < -0.3 is 24.1 Å². The van der Waals surface area contributed by atoms with Crippen LogP contribution >= 0.6 is 0 Å². The summed E-state index contributed by atoms with van der Waals surface area (Å²) in [5, 5.41) is 10.1. The molecule has 96 valence electrons. The van der Waals surface area contributed by atoms with E-state index in [-0.39, 0.29) is 18.3 Å². The Balaban J connectivity index is 1.70. The summed E-state index contributed by atoms with van der Waals surface area (Å²) >= 11 is 0. The van der Waals surface area contributed by atoms with Gasteiger partial charge in [0.1, 0.15) is 12.2 Å². The van der Waals surface area contributed by atoms with E-state index < -0.39 is 30.4 Å². The smallest absolute Gasteiger partial charge is 0.306 e. The Morgan fingerprint density at radius 2 is 2.06 bits per heavy atom. The number of ether oxygens (including phenoxy) is 4. The lowest BCUT2D eigenvalue weighted by Gasteiger charge is -2.25. The standard InChI is InChI=1S/C11H16O6/c1-11(2)16-9-7(13)8(15-10(9)17-11)5-3-6(12)14-4-5/h5,7-10,13H,3-4H2,1-2H3/t5?,7-,8+,9+,10+/m0/s1. The highest BCUT2D eigenvalue weighted by atomic mass is 16.8. The van der Waals surface area contributed by atoms with Gasteiger partial charge in [-0.2, -0.15) is 0 Å². The molecule has 1 N–H and O–H groups in total. The number of cyclic esters (lactones) is 1. The third kappa shape index (κ3) is 1.85. The van der Waals surface area contributed by atoms with Crippen LogP contribution < -0.4 is 0 Å². The van der Waals surface area contributed by atoms with Crippen LogP contribution in [0.4, 0.5) is 0 Å². The number of rotatable bonds is 1. The number of hydrogen-bond donors (Lipinski definition) is 1. The number of carbonyl (C=O) groups is 1. The monoisotopic (exact) mass is 244 g/mol. The first-order valence-corrected chi connectivity index (χ1v) is 5.81. The third-order valence-electron chi connectivity index (χ3n) is 3.40. The van der Waals surface area contributed by atoms with Crippen molar-refractivity contribution in [3.05, 3.63) is 0 Å². The average molecular weight is 244 g/mol. The topological polar surface area (TPSA) is 74.2 Å². The van der Waals surface area contributed by atoms with Crippen molar-refractivity contribution in [1.82, 2.24) is 0 Å². The van der Waals surface area contributed by atoms with E-state index >= 15 is 0 Å². The van der Waals surface area contributed by atoms with Crippen molar-refractivity contribution in [2.24, 2.45) is 5.92 Å². The largest absolute Gasteiger partial charge is 0.465 e. The van der Waals surface area contributed by atoms with E-state index in [0.717, 1.165) is 0 Å². The van der Waals surface area contributed by atoms with Crippen LogP contribution in [-0.4, -0.2) is 48.1 Å². The summed E-state index contributed by atoms with van der Waals surface area (Å²) in [7, 11) is 0. The van der Waals surface area contributed by atoms with Crippen LogP contribution in [0, 0.1) is 5.92 Å². The van der Waals surface area contributed by atoms with Gasteiger partial charge in [-0.05, 0) is 13.8 Å². The van der Waals surface area contributed by atoms with Gasteiger partial charge in [0.25, 0.3) is 0 Å². The van der Waals surface area contributed by atoms with Crippen LogP contribution in [0.15, 0.2) is 0 Å². The molecule has 3 heterocycles. The average Bonchev–Trinajstić information content (AvgIpc) is 2.83. The van der Waals surface area contributed by atoms with Gasteiger partial charge in [-0.1, -0.05) is 0 Å². The maximum atomic E-state index is 11.0. The van der Waals surface area contributed by atoms with Gasteiger partial charge in [-0.25, -0.2) is 0 Å². The maximum Gasteiger partial charge on any atom is 0.306 e. The van der Waals surface area contributed by atoms with E-state index in [1.807, 2.05) is 0 Å². The van der Waals surface area contributed by atoms with Gasteiger partial charge in [0.15, 0.2) is 12.1 Å². The van der Waals surface area contributed by atoms with Crippen molar-refractivity contribution in [2.75, 3.05) is 6.61 Å². The molecule has 3 rings (SSSR count). The summed E-state index contributed by atoms with van der Waals surface area (Å²) in [6, 6.07) is 0. The Bertz CT molecular complexity index is 341. The van der Waals surface area contributed by atoms with Gasteiger partial charge in [0.05, 0.1) is 19.1 Å². The van der Waals surface area contributed by atoms with Crippen LogP contribution in [0.2, 0.25) is 0 Å². The number of hydrogen-bond acceptors (Lipinski definition) is 6. The summed E-state index contributed by atoms with van der Waals surface area (Å²) in [6.07, 6.45) is -1.98. The lowest BCUT2D eigenvalue weighted by molar-refractivity contribution is -0.220. The predicted octanol–water partition coefficient (Wildman–Crippen LogP) is -0.213. The molecule has 5 atom stereocenters. The van der Waals surface area contributed by atoms with Crippen molar-refractivity contribution >= 4 is 5.97 Å². The van der Waals surface area contributed by atoms with E-state index in [0.29, 0.717) is 6.61 Å². The molecular weight excluding hydrogens is 228 g/mol. The van der Waals surface area contributed by atoms with Crippen LogP contribution in [0.25, 0.3) is 0 Å². The molecule has 0 aliphatic carbocycles. The zero-order chi connectivity index (χ0) is 12.2. The molecule has 3 fully saturated rings. The number of fused-ring (bicyclic) bond motifs is 1. The van der Waals surface area contributed by atoms with E-state index in [9.17, 15) is 9.90 Å². The fraction of sp³-hybridized carbons (Fsp3) is 0.909. The molecule has 1 unspecified atom stereocenters. The first-order chi connectivity index (χ1) is 7.96. The van der Waals surface area contributed by atoms with Gasteiger partial charge in [-0.3, -0.25) is 4.79 Å². The molecule has 6 heteroatoms. The first-order valence-electron chi connectivity index (χ1n) is 5.81. The van der Waals surface area contributed by atoms with Crippen molar-refractivity contribution in [3.8, 4) is 0 Å². The van der Waals surface area contributed by atoms with Gasteiger partial charge in [0, 0.05) is 5.92 Å². The summed E-state index contributed by atoms with van der Waals surface area (Å²) < 4.78 is 21.6. The molecule has 3 aliphatic heterocycles. The van der Waals surface area contributed by atoms with Gasteiger partial charge in [-0.15, -0.1) is 0 Å². The minimum Gasteiger partial charge on any atom is -0.465 e. The second-order valence-electron chi connectivity index (χ2n) is 5.21. The van der Waals surface area contributed by atoms with E-state index in [1.165, 1.54) is 0 Å². The lowest BCUT2D eigenvalue weighted by atomic mass is 9.96. The molecule has 17 heavy (non-hydrogen) atoms. The predicted molar refractivity (Wildman–Crippen MR) is 53.8 cm³/mol. The summed E-state index contributed by atoms with van der Waals surface area (Å²) in [4.78, 5) is 11.0. The molecule has 3 saturated heterocycles. The molecular formula is C11H16O6. The second-order valence-corrected chi connectivity index (χ2v) is 5.21. The Kier molecular flexibility index (Phi) is 2.45. The molecule has 6 nitrogen and oxygen atoms in total. The van der Waals surface area contributed by atoms with Crippen molar-refractivity contribution in [3.63, 3.8) is 0 Å². The molecule has 0 radical (unpaired) electrons. The van der Waals surface area contributed by atoms with Crippen LogP contribution in [0.3, 0.4) is 0 Å². The highest BCUT2D eigenvalue weighted by molar-refractivity contribution is 5.71. The van der Waals surface area contributed by atoms with Crippen molar-refractivity contribution in [1.29, 1.82) is 0 Å². The Hall–Kier alpha value is -0.690. The first kappa shape index (κ1) is 11.4. The Morgan fingerprint density at radius 1 is 1.29 bits per heavy atom. The molecule has 0 aromatic rings. The van der Waals surface area contributed by atoms with Crippen molar-refractivity contribution in [2.45, 2.75) is 50.7 Å². The normalized spacial score (nSPS) is 48.2. The molecule has 3 aliphatic rings. The fourth-order valence-corrected chi connectivity index (χ4v) is 2.65. The highest BCUT2D eigenvalue weighted by Gasteiger charge is 2.56. The molecule has 0 aromatic carbocycles.